The molecule has 0 aliphatic heterocycles. The maximum absolute atomic E-state index is 11.4. The molecule has 0 aliphatic rings. The third kappa shape index (κ3) is 1.39. The van der Waals surface area contributed by atoms with Crippen LogP contribution in [0.3, 0.4) is 0 Å². The Morgan fingerprint density at radius 2 is 2.06 bits per heavy atom. The quantitative estimate of drug-likeness (QED) is 0.636. The van der Waals surface area contributed by atoms with Gasteiger partial charge in [-0.25, -0.2) is 4.79 Å². The summed E-state index contributed by atoms with van der Waals surface area (Å²) in [6, 6.07) is 7.60. The van der Waals surface area contributed by atoms with E-state index in [4.69, 9.17) is 4.42 Å². The lowest BCUT2D eigenvalue weighted by molar-refractivity contribution is 0.528. The van der Waals surface area contributed by atoms with E-state index in [-0.39, 0.29) is 5.76 Å². The van der Waals surface area contributed by atoms with Gasteiger partial charge in [-0.3, -0.25) is 9.25 Å². The Morgan fingerprint density at radius 3 is 2.76 bits per heavy atom. The molecule has 0 bridgehead atoms. The van der Waals surface area contributed by atoms with Crippen molar-refractivity contribution < 1.29 is 4.42 Å². The monoisotopic (exact) mass is 229 g/mol. The fourth-order valence-electron chi connectivity index (χ4n) is 1.95. The van der Waals surface area contributed by atoms with Gasteiger partial charge in [0.2, 0.25) is 0 Å². The molecule has 2 heterocycles. The summed E-state index contributed by atoms with van der Waals surface area (Å²) in [7, 11) is 3.57. The van der Waals surface area contributed by atoms with Gasteiger partial charge in [-0.1, -0.05) is 6.07 Å². The number of oxazole rings is 1. The Labute approximate surface area is 96.9 Å². The second-order valence-electron chi connectivity index (χ2n) is 3.95. The number of fused-ring (bicyclic) bond motifs is 1. The molecule has 0 radical (unpaired) electrons. The molecule has 0 spiro atoms. The first kappa shape index (κ1) is 9.89. The number of nitrogens with zero attached hydrogens (tertiary/aromatic N) is 3. The van der Waals surface area contributed by atoms with Crippen LogP contribution in [0.1, 0.15) is 0 Å². The minimum Gasteiger partial charge on any atom is -0.408 e. The summed E-state index contributed by atoms with van der Waals surface area (Å²) < 4.78 is 8.42. The average molecular weight is 229 g/mol. The van der Waals surface area contributed by atoms with Crippen molar-refractivity contribution in [3.63, 3.8) is 0 Å². The third-order valence-electron chi connectivity index (χ3n) is 2.91. The predicted octanol–water partition coefficient (Wildman–Crippen LogP) is 1.53. The van der Waals surface area contributed by atoms with Gasteiger partial charge in [0.15, 0.2) is 5.58 Å². The highest BCUT2D eigenvalue weighted by Gasteiger charge is 2.08. The van der Waals surface area contributed by atoms with Crippen molar-refractivity contribution in [1.29, 1.82) is 0 Å². The van der Waals surface area contributed by atoms with E-state index >= 15 is 0 Å². The van der Waals surface area contributed by atoms with Crippen LogP contribution in [-0.4, -0.2) is 14.3 Å². The molecule has 0 saturated heterocycles. The molecule has 0 saturated carbocycles. The van der Waals surface area contributed by atoms with Crippen LogP contribution in [0.5, 0.6) is 0 Å². The Bertz CT molecular complexity index is 749. The lowest BCUT2D eigenvalue weighted by Crippen LogP contribution is -2.08. The first-order valence-corrected chi connectivity index (χ1v) is 5.25. The fourth-order valence-corrected chi connectivity index (χ4v) is 1.95. The van der Waals surface area contributed by atoms with Crippen LogP contribution in [0, 0.1) is 0 Å². The highest BCUT2D eigenvalue weighted by molar-refractivity contribution is 5.79. The van der Waals surface area contributed by atoms with Crippen molar-refractivity contribution in [3.8, 4) is 11.3 Å². The molecule has 5 heteroatoms. The smallest absolute Gasteiger partial charge is 0.408 e. The van der Waals surface area contributed by atoms with Crippen LogP contribution < -0.4 is 5.76 Å². The van der Waals surface area contributed by atoms with Crippen molar-refractivity contribution in [2.24, 2.45) is 14.1 Å². The number of rotatable bonds is 1. The number of hydrogen-bond donors (Lipinski definition) is 0. The van der Waals surface area contributed by atoms with Crippen molar-refractivity contribution in [1.82, 2.24) is 14.3 Å². The molecule has 5 nitrogen and oxygen atoms in total. The van der Waals surface area contributed by atoms with E-state index < -0.39 is 0 Å². The normalized spacial score (nSPS) is 11.2. The van der Waals surface area contributed by atoms with Gasteiger partial charge in [0.1, 0.15) is 0 Å². The van der Waals surface area contributed by atoms with Gasteiger partial charge in [-0.15, -0.1) is 0 Å². The second-order valence-corrected chi connectivity index (χ2v) is 3.95. The molecular weight excluding hydrogens is 218 g/mol. The molecule has 2 aromatic heterocycles. The third-order valence-corrected chi connectivity index (χ3v) is 2.91. The molecule has 0 unspecified atom stereocenters. The maximum Gasteiger partial charge on any atom is 0.419 e. The molecule has 17 heavy (non-hydrogen) atoms. The molecule has 0 amide bonds. The lowest BCUT2D eigenvalue weighted by Gasteiger charge is -2.01. The Kier molecular flexibility index (Phi) is 1.95. The summed E-state index contributed by atoms with van der Waals surface area (Å²) in [5.41, 5.74) is 3.35. The van der Waals surface area contributed by atoms with Gasteiger partial charge >= 0.3 is 5.76 Å². The minimum absolute atomic E-state index is 0.345. The summed E-state index contributed by atoms with van der Waals surface area (Å²) in [6.07, 6.45) is 1.74. The first-order chi connectivity index (χ1) is 8.16. The van der Waals surface area contributed by atoms with Gasteiger partial charge in [-0.05, 0) is 18.2 Å². The average Bonchev–Trinajstić information content (AvgIpc) is 2.84. The van der Waals surface area contributed by atoms with Gasteiger partial charge in [0, 0.05) is 25.9 Å². The van der Waals surface area contributed by atoms with E-state index in [0.29, 0.717) is 5.58 Å². The van der Waals surface area contributed by atoms with Crippen LogP contribution in [0.4, 0.5) is 0 Å². The molecule has 86 valence electrons. The molecule has 0 atom stereocenters. The zero-order chi connectivity index (χ0) is 12.0. The number of hydrogen-bond acceptors (Lipinski definition) is 3. The van der Waals surface area contributed by atoms with E-state index in [0.717, 1.165) is 16.8 Å². The largest absolute Gasteiger partial charge is 0.419 e. The Balaban J connectivity index is 2.27. The van der Waals surface area contributed by atoms with Crippen molar-refractivity contribution in [2.75, 3.05) is 0 Å². The molecule has 0 aliphatic carbocycles. The first-order valence-electron chi connectivity index (χ1n) is 5.25. The summed E-state index contributed by atoms with van der Waals surface area (Å²) in [6.45, 7) is 0. The van der Waals surface area contributed by atoms with E-state index in [2.05, 4.69) is 5.10 Å². The summed E-state index contributed by atoms with van der Waals surface area (Å²) in [5.74, 6) is -0.345. The van der Waals surface area contributed by atoms with E-state index in [1.807, 2.05) is 31.3 Å². The summed E-state index contributed by atoms with van der Waals surface area (Å²) in [5, 5.41) is 4.11. The number of aryl methyl sites for hydroxylation is 2. The van der Waals surface area contributed by atoms with Crippen molar-refractivity contribution in [3.05, 3.63) is 41.0 Å². The standard InChI is InChI=1S/C12H11N3O2/c1-14-10-4-3-8(7-11(10)17-12(14)16)9-5-6-13-15(9)2/h3-7H,1-2H3. The van der Waals surface area contributed by atoms with Gasteiger partial charge in [-0.2, -0.15) is 5.10 Å². The fraction of sp³-hybridized carbons (Fsp3) is 0.167. The SMILES string of the molecule is Cn1nccc1-c1ccc2c(c1)oc(=O)n2C. The Morgan fingerprint density at radius 1 is 1.24 bits per heavy atom. The number of benzene rings is 1. The molecule has 0 N–H and O–H groups in total. The van der Waals surface area contributed by atoms with Crippen LogP contribution in [0.2, 0.25) is 0 Å². The number of aromatic nitrogens is 3. The minimum atomic E-state index is -0.345. The zero-order valence-electron chi connectivity index (χ0n) is 9.54. The maximum atomic E-state index is 11.4. The summed E-state index contributed by atoms with van der Waals surface area (Å²) in [4.78, 5) is 11.4. The molecular formula is C12H11N3O2. The lowest BCUT2D eigenvalue weighted by atomic mass is 10.1. The molecule has 3 aromatic rings. The zero-order valence-corrected chi connectivity index (χ0v) is 9.54. The van der Waals surface area contributed by atoms with E-state index in [9.17, 15) is 4.79 Å². The van der Waals surface area contributed by atoms with E-state index in [1.54, 1.807) is 17.9 Å². The molecule has 3 rings (SSSR count). The molecule has 1 aromatic carbocycles. The summed E-state index contributed by atoms with van der Waals surface area (Å²) >= 11 is 0. The van der Waals surface area contributed by atoms with Crippen molar-refractivity contribution >= 4 is 11.1 Å². The predicted molar refractivity (Wildman–Crippen MR) is 63.7 cm³/mol. The molecule has 0 fully saturated rings. The van der Waals surface area contributed by atoms with Gasteiger partial charge < -0.3 is 4.42 Å². The van der Waals surface area contributed by atoms with Crippen LogP contribution >= 0.6 is 0 Å². The van der Waals surface area contributed by atoms with Gasteiger partial charge in [0.05, 0.1) is 11.2 Å². The second kappa shape index (κ2) is 3.35. The van der Waals surface area contributed by atoms with Gasteiger partial charge in [0.25, 0.3) is 0 Å². The van der Waals surface area contributed by atoms with Crippen LogP contribution in [-0.2, 0) is 14.1 Å². The van der Waals surface area contributed by atoms with Crippen molar-refractivity contribution in [2.45, 2.75) is 0 Å². The topological polar surface area (TPSA) is 53.0 Å². The van der Waals surface area contributed by atoms with Crippen LogP contribution in [0.15, 0.2) is 39.7 Å². The Hall–Kier alpha value is -2.30. The highest BCUT2D eigenvalue weighted by atomic mass is 16.4. The van der Waals surface area contributed by atoms with E-state index in [1.165, 1.54) is 4.57 Å². The highest BCUT2D eigenvalue weighted by Crippen LogP contribution is 2.22. The van der Waals surface area contributed by atoms with Crippen LogP contribution in [0.25, 0.3) is 22.4 Å².